The molecule has 0 spiro atoms. The first-order chi connectivity index (χ1) is 9.61. The highest BCUT2D eigenvalue weighted by atomic mass is 35.5. The van der Waals surface area contributed by atoms with E-state index in [-0.39, 0.29) is 23.0 Å². The number of ketones is 1. The molecule has 0 unspecified atom stereocenters. The largest absolute Gasteiger partial charge is 0.462 e. The lowest BCUT2D eigenvalue weighted by molar-refractivity contribution is 0.0526. The zero-order valence-electron chi connectivity index (χ0n) is 10.9. The van der Waals surface area contributed by atoms with Crippen LogP contribution >= 0.6 is 11.6 Å². The number of rotatable bonds is 2. The van der Waals surface area contributed by atoms with Gasteiger partial charge in [-0.3, -0.25) is 9.78 Å². The SMILES string of the molecule is CCOC(=O)c1cnc2cc3c(cc2c1Cl)C(=O)CC3. The van der Waals surface area contributed by atoms with Crippen LogP contribution in [0.25, 0.3) is 10.9 Å². The first-order valence-electron chi connectivity index (χ1n) is 6.43. The van der Waals surface area contributed by atoms with Crippen molar-refractivity contribution in [3.8, 4) is 0 Å². The summed E-state index contributed by atoms with van der Waals surface area (Å²) in [5.41, 5.74) is 2.60. The van der Waals surface area contributed by atoms with E-state index in [0.29, 0.717) is 22.9 Å². The van der Waals surface area contributed by atoms with Gasteiger partial charge < -0.3 is 4.74 Å². The number of benzene rings is 1. The molecule has 0 atom stereocenters. The fourth-order valence-corrected chi connectivity index (χ4v) is 2.73. The van der Waals surface area contributed by atoms with E-state index in [1.807, 2.05) is 6.07 Å². The third-order valence-corrected chi connectivity index (χ3v) is 3.85. The maximum atomic E-state index is 11.8. The summed E-state index contributed by atoms with van der Waals surface area (Å²) in [5.74, 6) is -0.391. The Labute approximate surface area is 120 Å². The van der Waals surface area contributed by atoms with Crippen LogP contribution in [0.3, 0.4) is 0 Å². The number of aromatic nitrogens is 1. The van der Waals surface area contributed by atoms with E-state index in [1.54, 1.807) is 13.0 Å². The summed E-state index contributed by atoms with van der Waals surface area (Å²) in [4.78, 5) is 27.8. The Morgan fingerprint density at radius 2 is 2.20 bits per heavy atom. The van der Waals surface area contributed by atoms with E-state index in [4.69, 9.17) is 16.3 Å². The van der Waals surface area contributed by atoms with Crippen molar-refractivity contribution in [1.29, 1.82) is 0 Å². The molecule has 0 radical (unpaired) electrons. The van der Waals surface area contributed by atoms with Crippen molar-refractivity contribution >= 4 is 34.3 Å². The van der Waals surface area contributed by atoms with Gasteiger partial charge in [0, 0.05) is 23.6 Å². The minimum Gasteiger partial charge on any atom is -0.462 e. The minimum absolute atomic E-state index is 0.111. The van der Waals surface area contributed by atoms with Crippen LogP contribution in [0.4, 0.5) is 0 Å². The number of hydrogen-bond acceptors (Lipinski definition) is 4. The van der Waals surface area contributed by atoms with Crippen LogP contribution in [0, 0.1) is 0 Å². The van der Waals surface area contributed by atoms with E-state index < -0.39 is 5.97 Å². The number of aryl methyl sites for hydroxylation is 1. The van der Waals surface area contributed by atoms with E-state index in [2.05, 4.69) is 4.98 Å². The molecule has 102 valence electrons. The van der Waals surface area contributed by atoms with Crippen molar-refractivity contribution in [1.82, 2.24) is 4.98 Å². The number of carbonyl (C=O) groups is 2. The molecule has 0 N–H and O–H groups in total. The van der Waals surface area contributed by atoms with Gasteiger partial charge in [0.05, 0.1) is 22.7 Å². The lowest BCUT2D eigenvalue weighted by Crippen LogP contribution is -2.06. The molecule has 3 rings (SSSR count). The Balaban J connectivity index is 2.20. The number of carbonyl (C=O) groups excluding carboxylic acids is 2. The lowest BCUT2D eigenvalue weighted by atomic mass is 10.0. The van der Waals surface area contributed by atoms with Gasteiger partial charge in [-0.25, -0.2) is 4.79 Å². The maximum Gasteiger partial charge on any atom is 0.341 e. The number of fused-ring (bicyclic) bond motifs is 2. The van der Waals surface area contributed by atoms with Crippen LogP contribution in [0.15, 0.2) is 18.3 Å². The fraction of sp³-hybridized carbons (Fsp3) is 0.267. The van der Waals surface area contributed by atoms with Crippen molar-refractivity contribution in [2.75, 3.05) is 6.61 Å². The van der Waals surface area contributed by atoms with Gasteiger partial charge in [0.15, 0.2) is 5.78 Å². The van der Waals surface area contributed by atoms with Gasteiger partial charge in [0.25, 0.3) is 0 Å². The number of hydrogen-bond donors (Lipinski definition) is 0. The summed E-state index contributed by atoms with van der Waals surface area (Å²) in [6.45, 7) is 2.00. The molecule has 0 fully saturated rings. The Hall–Kier alpha value is -1.94. The molecule has 1 aromatic carbocycles. The Kier molecular flexibility index (Phi) is 3.18. The summed E-state index contributed by atoms with van der Waals surface area (Å²) in [6, 6.07) is 3.61. The molecule has 1 aliphatic rings. The zero-order chi connectivity index (χ0) is 14.3. The summed E-state index contributed by atoms with van der Waals surface area (Å²) >= 11 is 6.27. The van der Waals surface area contributed by atoms with Crippen LogP contribution in [-0.2, 0) is 11.2 Å². The second-order valence-corrected chi connectivity index (χ2v) is 5.03. The molecule has 1 aromatic heterocycles. The molecule has 0 aliphatic heterocycles. The van der Waals surface area contributed by atoms with Crippen LogP contribution in [0.5, 0.6) is 0 Å². The number of Topliss-reactive ketones (excluding diaryl/α,β-unsaturated/α-hetero) is 1. The number of pyridine rings is 1. The van der Waals surface area contributed by atoms with Crippen LogP contribution < -0.4 is 0 Å². The van der Waals surface area contributed by atoms with Gasteiger partial charge >= 0.3 is 5.97 Å². The van der Waals surface area contributed by atoms with Crippen LogP contribution in [-0.4, -0.2) is 23.3 Å². The lowest BCUT2D eigenvalue weighted by Gasteiger charge is -2.08. The average Bonchev–Trinajstić information content (AvgIpc) is 2.79. The molecule has 2 aromatic rings. The summed E-state index contributed by atoms with van der Waals surface area (Å²) in [7, 11) is 0. The smallest absolute Gasteiger partial charge is 0.341 e. The first kappa shape index (κ1) is 13.1. The van der Waals surface area contributed by atoms with Crippen molar-refractivity contribution in [3.05, 3.63) is 40.0 Å². The highest BCUT2D eigenvalue weighted by Gasteiger charge is 2.22. The van der Waals surface area contributed by atoms with Gasteiger partial charge in [0.1, 0.15) is 0 Å². The van der Waals surface area contributed by atoms with E-state index >= 15 is 0 Å². The Bertz CT molecular complexity index is 739. The number of nitrogens with zero attached hydrogens (tertiary/aromatic N) is 1. The number of halogens is 1. The molecule has 0 amide bonds. The van der Waals surface area contributed by atoms with Gasteiger partial charge in [-0.05, 0) is 31.0 Å². The molecule has 4 nitrogen and oxygen atoms in total. The Morgan fingerprint density at radius 1 is 1.40 bits per heavy atom. The fourth-order valence-electron chi connectivity index (χ4n) is 2.45. The van der Waals surface area contributed by atoms with E-state index in [0.717, 1.165) is 12.0 Å². The predicted molar refractivity (Wildman–Crippen MR) is 75.4 cm³/mol. The molecule has 20 heavy (non-hydrogen) atoms. The molecule has 0 bridgehead atoms. The third-order valence-electron chi connectivity index (χ3n) is 3.44. The molecule has 1 aliphatic carbocycles. The van der Waals surface area contributed by atoms with Crippen molar-refractivity contribution < 1.29 is 14.3 Å². The topological polar surface area (TPSA) is 56.3 Å². The van der Waals surface area contributed by atoms with Crippen molar-refractivity contribution in [3.63, 3.8) is 0 Å². The molecule has 0 saturated carbocycles. The molecular weight excluding hydrogens is 278 g/mol. The van der Waals surface area contributed by atoms with Crippen LogP contribution in [0.1, 0.15) is 39.6 Å². The summed E-state index contributed by atoms with van der Waals surface area (Å²) in [5, 5.41) is 0.905. The number of ether oxygens (including phenoxy) is 1. The van der Waals surface area contributed by atoms with Crippen molar-refractivity contribution in [2.24, 2.45) is 0 Å². The second kappa shape index (κ2) is 4.87. The molecule has 1 heterocycles. The highest BCUT2D eigenvalue weighted by Crippen LogP contribution is 2.32. The third kappa shape index (κ3) is 1.96. The molecule has 5 heteroatoms. The monoisotopic (exact) mass is 289 g/mol. The number of esters is 1. The highest BCUT2D eigenvalue weighted by molar-refractivity contribution is 6.38. The normalized spacial score (nSPS) is 13.6. The molecule has 0 saturated heterocycles. The first-order valence-corrected chi connectivity index (χ1v) is 6.81. The van der Waals surface area contributed by atoms with Gasteiger partial charge in [-0.2, -0.15) is 0 Å². The summed E-state index contributed by atoms with van der Waals surface area (Å²) in [6.07, 6.45) is 2.68. The van der Waals surface area contributed by atoms with Gasteiger partial charge in [0.2, 0.25) is 0 Å². The van der Waals surface area contributed by atoms with E-state index in [9.17, 15) is 9.59 Å². The predicted octanol–water partition coefficient (Wildman–Crippen LogP) is 3.19. The van der Waals surface area contributed by atoms with Crippen LogP contribution in [0.2, 0.25) is 5.02 Å². The summed E-state index contributed by atoms with van der Waals surface area (Å²) < 4.78 is 4.94. The van der Waals surface area contributed by atoms with Gasteiger partial charge in [-0.15, -0.1) is 0 Å². The molecular formula is C15H12ClNO3. The van der Waals surface area contributed by atoms with Crippen molar-refractivity contribution in [2.45, 2.75) is 19.8 Å². The Morgan fingerprint density at radius 3 is 2.95 bits per heavy atom. The minimum atomic E-state index is -0.501. The second-order valence-electron chi connectivity index (χ2n) is 4.66. The van der Waals surface area contributed by atoms with E-state index in [1.165, 1.54) is 6.20 Å². The average molecular weight is 290 g/mol. The standard InChI is InChI=1S/C15H12ClNO3/c1-2-20-15(19)11-7-17-12-5-8-3-4-13(18)9(8)6-10(12)14(11)16/h5-7H,2-4H2,1H3. The quantitative estimate of drug-likeness (QED) is 0.797. The van der Waals surface area contributed by atoms with Gasteiger partial charge in [-0.1, -0.05) is 11.6 Å². The zero-order valence-corrected chi connectivity index (χ0v) is 11.7. The maximum absolute atomic E-state index is 11.8.